The zero-order valence-corrected chi connectivity index (χ0v) is 13.0. The summed E-state index contributed by atoms with van der Waals surface area (Å²) in [5.74, 6) is 0. The lowest BCUT2D eigenvalue weighted by atomic mass is 9.82. The van der Waals surface area contributed by atoms with Crippen LogP contribution in [0, 0.1) is 0 Å². The van der Waals surface area contributed by atoms with Gasteiger partial charge in [0.2, 0.25) is 0 Å². The van der Waals surface area contributed by atoms with Gasteiger partial charge in [-0.1, -0.05) is 32.1 Å². The van der Waals surface area contributed by atoms with Gasteiger partial charge in [0.1, 0.15) is 0 Å². The number of hydrogen-bond acceptors (Lipinski definition) is 3. The number of rotatable bonds is 3. The van der Waals surface area contributed by atoms with Gasteiger partial charge in [-0.05, 0) is 26.7 Å². The van der Waals surface area contributed by atoms with Crippen molar-refractivity contribution in [2.75, 3.05) is 32.7 Å². The van der Waals surface area contributed by atoms with Gasteiger partial charge < -0.3 is 5.73 Å². The smallest absolute Gasteiger partial charge is 0.0332 e. The van der Waals surface area contributed by atoms with Crippen LogP contribution in [0.25, 0.3) is 0 Å². The van der Waals surface area contributed by atoms with Gasteiger partial charge in [-0.15, -0.1) is 0 Å². The van der Waals surface area contributed by atoms with Crippen molar-refractivity contribution in [3.05, 3.63) is 0 Å². The molecule has 1 aliphatic heterocycles. The van der Waals surface area contributed by atoms with Crippen molar-refractivity contribution < 1.29 is 0 Å². The Morgan fingerprint density at radius 3 is 1.89 bits per heavy atom. The Labute approximate surface area is 119 Å². The quantitative estimate of drug-likeness (QED) is 0.852. The van der Waals surface area contributed by atoms with E-state index in [9.17, 15) is 0 Å². The fourth-order valence-corrected chi connectivity index (χ4v) is 3.93. The molecule has 1 saturated heterocycles. The van der Waals surface area contributed by atoms with Gasteiger partial charge in [0.05, 0.1) is 0 Å². The van der Waals surface area contributed by atoms with Gasteiger partial charge in [-0.3, -0.25) is 9.80 Å². The fraction of sp³-hybridized carbons (Fsp3) is 1.00. The normalized spacial score (nSPS) is 27.2. The molecule has 19 heavy (non-hydrogen) atoms. The first kappa shape index (κ1) is 15.3. The summed E-state index contributed by atoms with van der Waals surface area (Å²) in [5, 5.41) is 0. The third kappa shape index (κ3) is 3.71. The zero-order valence-electron chi connectivity index (χ0n) is 13.0. The Balaban J connectivity index is 1.96. The van der Waals surface area contributed by atoms with E-state index in [0.717, 1.165) is 6.54 Å². The average molecular weight is 267 g/mol. The third-order valence-electron chi connectivity index (χ3n) is 5.38. The van der Waals surface area contributed by atoms with Crippen molar-refractivity contribution in [1.82, 2.24) is 9.80 Å². The average Bonchev–Trinajstić information content (AvgIpc) is 2.39. The first-order valence-corrected chi connectivity index (χ1v) is 8.37. The largest absolute Gasteiger partial charge is 0.329 e. The van der Waals surface area contributed by atoms with Crippen molar-refractivity contribution in [3.8, 4) is 0 Å². The predicted octanol–water partition coefficient (Wildman–Crippen LogP) is 2.45. The number of piperazine rings is 1. The second kappa shape index (κ2) is 7.05. The van der Waals surface area contributed by atoms with Crippen LogP contribution in [0.15, 0.2) is 0 Å². The van der Waals surface area contributed by atoms with Gasteiger partial charge in [-0.25, -0.2) is 0 Å². The van der Waals surface area contributed by atoms with Gasteiger partial charge in [0.15, 0.2) is 0 Å². The SMILES string of the molecule is CC(C)N1CCN(C2(CN)CCCCCCC2)CC1. The summed E-state index contributed by atoms with van der Waals surface area (Å²) >= 11 is 0. The molecule has 2 rings (SSSR count). The molecule has 2 aliphatic rings. The van der Waals surface area contributed by atoms with E-state index in [1.165, 1.54) is 71.1 Å². The lowest BCUT2D eigenvalue weighted by Gasteiger charge is -2.49. The summed E-state index contributed by atoms with van der Waals surface area (Å²) in [6.07, 6.45) is 9.66. The van der Waals surface area contributed by atoms with Gasteiger partial charge in [-0.2, -0.15) is 0 Å². The molecule has 0 aromatic carbocycles. The molecule has 112 valence electrons. The van der Waals surface area contributed by atoms with Crippen LogP contribution in [0.1, 0.15) is 58.8 Å². The van der Waals surface area contributed by atoms with Crippen LogP contribution in [0.3, 0.4) is 0 Å². The molecule has 0 amide bonds. The molecule has 0 bridgehead atoms. The maximum absolute atomic E-state index is 6.23. The molecule has 3 heteroatoms. The Morgan fingerprint density at radius 2 is 1.42 bits per heavy atom. The van der Waals surface area contributed by atoms with Crippen molar-refractivity contribution in [2.45, 2.75) is 70.4 Å². The van der Waals surface area contributed by atoms with E-state index >= 15 is 0 Å². The van der Waals surface area contributed by atoms with Crippen molar-refractivity contribution in [2.24, 2.45) is 5.73 Å². The standard InChI is InChI=1S/C16H33N3/c1-15(2)18-10-12-19(13-11-18)16(14-17)8-6-4-3-5-7-9-16/h15H,3-14,17H2,1-2H3. The Morgan fingerprint density at radius 1 is 0.895 bits per heavy atom. The predicted molar refractivity (Wildman–Crippen MR) is 82.4 cm³/mol. The third-order valence-corrected chi connectivity index (χ3v) is 5.38. The number of nitrogens with two attached hydrogens (primary N) is 1. The maximum atomic E-state index is 6.23. The minimum atomic E-state index is 0.323. The van der Waals surface area contributed by atoms with Crippen LogP contribution in [0.4, 0.5) is 0 Å². The van der Waals surface area contributed by atoms with Crippen LogP contribution >= 0.6 is 0 Å². The van der Waals surface area contributed by atoms with Crippen molar-refractivity contribution >= 4 is 0 Å². The molecule has 1 saturated carbocycles. The second-order valence-corrected chi connectivity index (χ2v) is 6.81. The Bertz CT molecular complexity index is 249. The molecule has 0 spiro atoms. The van der Waals surface area contributed by atoms with Gasteiger partial charge in [0.25, 0.3) is 0 Å². The van der Waals surface area contributed by atoms with E-state index in [1.807, 2.05) is 0 Å². The van der Waals surface area contributed by atoms with Crippen molar-refractivity contribution in [1.29, 1.82) is 0 Å². The molecular formula is C16H33N3. The van der Waals surface area contributed by atoms with E-state index in [-0.39, 0.29) is 0 Å². The summed E-state index contributed by atoms with van der Waals surface area (Å²) in [7, 11) is 0. The monoisotopic (exact) mass is 267 g/mol. The molecule has 3 nitrogen and oxygen atoms in total. The number of hydrogen-bond donors (Lipinski definition) is 1. The molecule has 0 aromatic rings. The van der Waals surface area contributed by atoms with E-state index in [1.54, 1.807) is 0 Å². The highest BCUT2D eigenvalue weighted by atomic mass is 15.3. The molecule has 1 heterocycles. The second-order valence-electron chi connectivity index (χ2n) is 6.81. The van der Waals surface area contributed by atoms with E-state index in [0.29, 0.717) is 11.6 Å². The van der Waals surface area contributed by atoms with E-state index < -0.39 is 0 Å². The van der Waals surface area contributed by atoms with Gasteiger partial charge in [0, 0.05) is 44.3 Å². The first-order valence-electron chi connectivity index (χ1n) is 8.37. The summed E-state index contributed by atoms with van der Waals surface area (Å²) in [6.45, 7) is 10.4. The van der Waals surface area contributed by atoms with Crippen LogP contribution in [-0.4, -0.2) is 54.1 Å². The van der Waals surface area contributed by atoms with Crippen molar-refractivity contribution in [3.63, 3.8) is 0 Å². The molecule has 1 aliphatic carbocycles. The minimum absolute atomic E-state index is 0.323. The Hall–Kier alpha value is -0.120. The molecule has 2 N–H and O–H groups in total. The van der Waals surface area contributed by atoms with Crippen LogP contribution in [0.2, 0.25) is 0 Å². The first-order chi connectivity index (χ1) is 9.18. The highest BCUT2D eigenvalue weighted by Crippen LogP contribution is 2.32. The lowest BCUT2D eigenvalue weighted by Crippen LogP contribution is -2.61. The summed E-state index contributed by atoms with van der Waals surface area (Å²) in [6, 6.07) is 0.688. The maximum Gasteiger partial charge on any atom is 0.0332 e. The topological polar surface area (TPSA) is 32.5 Å². The van der Waals surface area contributed by atoms with E-state index in [2.05, 4.69) is 23.6 Å². The molecular weight excluding hydrogens is 234 g/mol. The van der Waals surface area contributed by atoms with Gasteiger partial charge >= 0.3 is 0 Å². The zero-order chi connectivity index (χ0) is 13.7. The summed E-state index contributed by atoms with van der Waals surface area (Å²) in [4.78, 5) is 5.33. The molecule has 0 radical (unpaired) electrons. The van der Waals surface area contributed by atoms with Crippen LogP contribution in [-0.2, 0) is 0 Å². The summed E-state index contributed by atoms with van der Waals surface area (Å²) < 4.78 is 0. The highest BCUT2D eigenvalue weighted by molar-refractivity contribution is 4.95. The Kier molecular flexibility index (Phi) is 5.67. The highest BCUT2D eigenvalue weighted by Gasteiger charge is 2.36. The molecule has 2 fully saturated rings. The van der Waals surface area contributed by atoms with Crippen LogP contribution < -0.4 is 5.73 Å². The van der Waals surface area contributed by atoms with Crippen LogP contribution in [0.5, 0.6) is 0 Å². The lowest BCUT2D eigenvalue weighted by molar-refractivity contribution is 0.0111. The molecule has 0 atom stereocenters. The minimum Gasteiger partial charge on any atom is -0.329 e. The molecule has 0 aromatic heterocycles. The fourth-order valence-electron chi connectivity index (χ4n) is 3.93. The van der Waals surface area contributed by atoms with E-state index in [4.69, 9.17) is 5.73 Å². The summed E-state index contributed by atoms with van der Waals surface area (Å²) in [5.41, 5.74) is 6.55. The molecule has 0 unspecified atom stereocenters. The number of nitrogens with zero attached hydrogens (tertiary/aromatic N) is 2.